The number of carbonyl (C=O) groups excluding carboxylic acids is 1. The lowest BCUT2D eigenvalue weighted by atomic mass is 10.2. The molecular formula is C14H5Cl2F3N2O2S. The van der Waals surface area contributed by atoms with Crippen LogP contribution in [0.25, 0.3) is 22.2 Å². The van der Waals surface area contributed by atoms with E-state index in [1.54, 1.807) is 12.1 Å². The maximum Gasteiger partial charge on any atom is 0.455 e. The Labute approximate surface area is 146 Å². The van der Waals surface area contributed by atoms with E-state index in [0.29, 0.717) is 21.9 Å². The number of aromatic nitrogens is 2. The van der Waals surface area contributed by atoms with Crippen LogP contribution in [-0.2, 0) is 0 Å². The Kier molecular flexibility index (Phi) is 4.37. The third-order valence-electron chi connectivity index (χ3n) is 2.88. The molecule has 3 rings (SSSR count). The smallest absolute Gasteiger partial charge is 0.415 e. The number of Topliss-reactive ketones (excluding diaryl/α,β-unsaturated/α-hetero) is 1. The molecule has 0 saturated heterocycles. The van der Waals surface area contributed by atoms with Crippen molar-refractivity contribution in [1.82, 2.24) is 10.2 Å². The van der Waals surface area contributed by atoms with Crippen molar-refractivity contribution in [3.05, 3.63) is 45.3 Å². The van der Waals surface area contributed by atoms with Crippen LogP contribution in [0.5, 0.6) is 0 Å². The first kappa shape index (κ1) is 16.9. The fourth-order valence-corrected chi connectivity index (χ4v) is 3.19. The van der Waals surface area contributed by atoms with Gasteiger partial charge in [0.1, 0.15) is 0 Å². The van der Waals surface area contributed by atoms with E-state index in [9.17, 15) is 18.0 Å². The molecule has 0 bridgehead atoms. The molecule has 4 nitrogen and oxygen atoms in total. The molecule has 1 aromatic carbocycles. The summed E-state index contributed by atoms with van der Waals surface area (Å²) in [4.78, 5) is 11.0. The molecule has 0 radical (unpaired) electrons. The molecule has 10 heteroatoms. The lowest BCUT2D eigenvalue weighted by Gasteiger charge is -2.01. The van der Waals surface area contributed by atoms with Crippen LogP contribution in [0.2, 0.25) is 10.0 Å². The molecule has 0 spiro atoms. The minimum Gasteiger partial charge on any atom is -0.415 e. The number of nitrogens with zero attached hydrogens (tertiary/aromatic N) is 2. The minimum atomic E-state index is -4.93. The molecule has 24 heavy (non-hydrogen) atoms. The van der Waals surface area contributed by atoms with Crippen molar-refractivity contribution in [2.24, 2.45) is 0 Å². The van der Waals surface area contributed by atoms with E-state index in [4.69, 9.17) is 27.6 Å². The van der Waals surface area contributed by atoms with Crippen molar-refractivity contribution >= 4 is 40.3 Å². The number of benzene rings is 1. The average Bonchev–Trinajstić information content (AvgIpc) is 3.14. The molecule has 0 aliphatic carbocycles. The summed E-state index contributed by atoms with van der Waals surface area (Å²) in [6.07, 6.45) is -4.93. The van der Waals surface area contributed by atoms with Crippen LogP contribution in [-0.4, -0.2) is 22.2 Å². The highest BCUT2D eigenvalue weighted by Crippen LogP contribution is 2.34. The summed E-state index contributed by atoms with van der Waals surface area (Å²) in [7, 11) is 0. The van der Waals surface area contributed by atoms with Gasteiger partial charge in [-0.2, -0.15) is 13.2 Å². The standard InChI is InChI=1S/C14H5Cl2F3N2O2S/c15-6-1-2-7(8(16)5-6)12-20-21-13(23-12)10-4-3-9(24-10)11(22)14(17,18)19/h1-5H. The third-order valence-corrected chi connectivity index (χ3v) is 4.50. The van der Waals surface area contributed by atoms with Crippen LogP contribution in [0.3, 0.4) is 0 Å². The van der Waals surface area contributed by atoms with E-state index in [1.807, 2.05) is 0 Å². The fraction of sp³-hybridized carbons (Fsp3) is 0.0714. The maximum atomic E-state index is 12.4. The number of hydrogen-bond acceptors (Lipinski definition) is 5. The number of alkyl halides is 3. The first-order valence-corrected chi connectivity index (χ1v) is 7.83. The molecule has 2 aromatic heterocycles. The molecule has 2 heterocycles. The van der Waals surface area contributed by atoms with Gasteiger partial charge in [0.25, 0.3) is 11.7 Å². The molecule has 0 aliphatic rings. The van der Waals surface area contributed by atoms with Crippen molar-refractivity contribution in [1.29, 1.82) is 0 Å². The highest BCUT2D eigenvalue weighted by molar-refractivity contribution is 7.17. The van der Waals surface area contributed by atoms with Gasteiger partial charge in [0.2, 0.25) is 5.89 Å². The zero-order chi connectivity index (χ0) is 17.5. The number of ketones is 1. The normalized spacial score (nSPS) is 11.7. The molecule has 0 aliphatic heterocycles. The molecule has 0 N–H and O–H groups in total. The predicted octanol–water partition coefficient (Wildman–Crippen LogP) is 5.52. The van der Waals surface area contributed by atoms with E-state index in [-0.39, 0.29) is 21.7 Å². The van der Waals surface area contributed by atoms with Gasteiger partial charge in [-0.3, -0.25) is 4.79 Å². The largest absolute Gasteiger partial charge is 0.455 e. The summed E-state index contributed by atoms with van der Waals surface area (Å²) < 4.78 is 42.7. The second-order valence-corrected chi connectivity index (χ2v) is 6.45. The number of thiophene rings is 1. The summed E-state index contributed by atoms with van der Waals surface area (Å²) in [6, 6.07) is 7.03. The van der Waals surface area contributed by atoms with Gasteiger partial charge in [-0.15, -0.1) is 21.5 Å². The zero-order valence-electron chi connectivity index (χ0n) is 11.4. The van der Waals surface area contributed by atoms with Crippen molar-refractivity contribution in [2.45, 2.75) is 6.18 Å². The summed E-state index contributed by atoms with van der Waals surface area (Å²) in [5.41, 5.74) is 0.433. The molecule has 0 saturated carbocycles. The molecule has 0 atom stereocenters. The van der Waals surface area contributed by atoms with Crippen molar-refractivity contribution in [3.63, 3.8) is 0 Å². The zero-order valence-corrected chi connectivity index (χ0v) is 13.7. The molecular weight excluding hydrogens is 388 g/mol. The topological polar surface area (TPSA) is 56.0 Å². The Hall–Kier alpha value is -1.90. The quantitative estimate of drug-likeness (QED) is 0.550. The van der Waals surface area contributed by atoms with Gasteiger partial charge >= 0.3 is 6.18 Å². The summed E-state index contributed by atoms with van der Waals surface area (Å²) in [5, 5.41) is 8.30. The molecule has 124 valence electrons. The van der Waals surface area contributed by atoms with Crippen LogP contribution in [0.4, 0.5) is 13.2 Å². The average molecular weight is 393 g/mol. The van der Waals surface area contributed by atoms with Gasteiger partial charge in [0.15, 0.2) is 0 Å². The van der Waals surface area contributed by atoms with Gasteiger partial charge in [0, 0.05) is 5.02 Å². The third kappa shape index (κ3) is 3.31. The Balaban J connectivity index is 1.92. The van der Waals surface area contributed by atoms with Gasteiger partial charge < -0.3 is 4.42 Å². The van der Waals surface area contributed by atoms with Crippen LogP contribution >= 0.6 is 34.5 Å². The Bertz CT molecular complexity index is 921. The highest BCUT2D eigenvalue weighted by atomic mass is 35.5. The van der Waals surface area contributed by atoms with E-state index >= 15 is 0 Å². The van der Waals surface area contributed by atoms with Crippen molar-refractivity contribution in [3.8, 4) is 22.2 Å². The van der Waals surface area contributed by atoms with Gasteiger partial charge in [0.05, 0.1) is 20.3 Å². The fourth-order valence-electron chi connectivity index (χ4n) is 1.81. The van der Waals surface area contributed by atoms with Gasteiger partial charge in [-0.25, -0.2) is 0 Å². The first-order valence-electron chi connectivity index (χ1n) is 6.26. The lowest BCUT2D eigenvalue weighted by molar-refractivity contribution is -0.0882. The number of halogens is 5. The van der Waals surface area contributed by atoms with Gasteiger partial charge in [-0.05, 0) is 30.3 Å². The summed E-state index contributed by atoms with van der Waals surface area (Å²) in [5.74, 6) is -1.84. The number of carbonyl (C=O) groups is 1. The minimum absolute atomic E-state index is 0.0118. The summed E-state index contributed by atoms with van der Waals surface area (Å²) in [6.45, 7) is 0. The molecule has 0 fully saturated rings. The second kappa shape index (κ2) is 6.19. The van der Waals surface area contributed by atoms with Crippen LogP contribution < -0.4 is 0 Å². The molecule has 0 amide bonds. The van der Waals surface area contributed by atoms with Crippen molar-refractivity contribution < 1.29 is 22.4 Å². The first-order chi connectivity index (χ1) is 11.3. The van der Waals surface area contributed by atoms with Crippen LogP contribution in [0.1, 0.15) is 9.67 Å². The Morgan fingerprint density at radius 1 is 1.08 bits per heavy atom. The maximum absolute atomic E-state index is 12.4. The predicted molar refractivity (Wildman–Crippen MR) is 83.5 cm³/mol. The van der Waals surface area contributed by atoms with Gasteiger partial charge in [-0.1, -0.05) is 23.2 Å². The van der Waals surface area contributed by atoms with E-state index in [2.05, 4.69) is 10.2 Å². The van der Waals surface area contributed by atoms with E-state index in [0.717, 1.165) is 6.07 Å². The Morgan fingerprint density at radius 3 is 2.46 bits per heavy atom. The lowest BCUT2D eigenvalue weighted by Crippen LogP contribution is -2.21. The second-order valence-electron chi connectivity index (χ2n) is 4.53. The number of hydrogen-bond donors (Lipinski definition) is 0. The summed E-state index contributed by atoms with van der Waals surface area (Å²) >= 11 is 12.5. The van der Waals surface area contributed by atoms with Crippen molar-refractivity contribution in [2.75, 3.05) is 0 Å². The van der Waals surface area contributed by atoms with E-state index in [1.165, 1.54) is 12.1 Å². The Morgan fingerprint density at radius 2 is 1.79 bits per heavy atom. The molecule has 0 unspecified atom stereocenters. The highest BCUT2D eigenvalue weighted by Gasteiger charge is 2.40. The van der Waals surface area contributed by atoms with Crippen LogP contribution in [0.15, 0.2) is 34.7 Å². The SMILES string of the molecule is O=C(c1ccc(-c2nnc(-c3ccc(Cl)cc3Cl)o2)s1)C(F)(F)F. The number of rotatable bonds is 3. The van der Waals surface area contributed by atoms with Crippen LogP contribution in [0, 0.1) is 0 Å². The van der Waals surface area contributed by atoms with E-state index < -0.39 is 16.8 Å². The monoisotopic (exact) mass is 392 g/mol. The molecule has 3 aromatic rings.